The zero-order chi connectivity index (χ0) is 26.1. The number of fused-ring (bicyclic) bond motifs is 4. The van der Waals surface area contributed by atoms with E-state index in [-0.39, 0.29) is 18.2 Å². The van der Waals surface area contributed by atoms with Crippen molar-refractivity contribution in [3.63, 3.8) is 0 Å². The maximum Gasteiger partial charge on any atom is 0.418 e. The number of nitrogens with zero attached hydrogens (tertiary/aromatic N) is 1. The number of rotatable bonds is 6. The van der Waals surface area contributed by atoms with Gasteiger partial charge in [0.1, 0.15) is 12.3 Å². The van der Waals surface area contributed by atoms with Crippen LogP contribution >= 0.6 is 11.8 Å². The molecule has 0 saturated heterocycles. The van der Waals surface area contributed by atoms with Crippen LogP contribution in [0, 0.1) is 0 Å². The fourth-order valence-corrected chi connectivity index (χ4v) is 6.04. The van der Waals surface area contributed by atoms with Gasteiger partial charge in [-0.25, -0.2) is 14.2 Å². The third-order valence-corrected chi connectivity index (χ3v) is 8.01. The van der Waals surface area contributed by atoms with E-state index in [9.17, 15) is 9.59 Å². The van der Waals surface area contributed by atoms with E-state index in [1.54, 1.807) is 18.0 Å². The Bertz CT molecular complexity index is 1610. The van der Waals surface area contributed by atoms with Crippen molar-refractivity contribution in [3.8, 4) is 11.1 Å². The van der Waals surface area contributed by atoms with Crippen LogP contribution in [0.1, 0.15) is 33.1 Å². The Hall–Kier alpha value is -4.29. The van der Waals surface area contributed by atoms with Crippen LogP contribution in [-0.4, -0.2) is 30.3 Å². The highest BCUT2D eigenvalue weighted by Crippen LogP contribution is 2.44. The summed E-state index contributed by atoms with van der Waals surface area (Å²) in [7, 11) is 1.31. The van der Waals surface area contributed by atoms with E-state index in [0.717, 1.165) is 38.3 Å². The Labute approximate surface area is 225 Å². The molecular formula is C32H25NO4S. The molecule has 1 aliphatic rings. The molecule has 38 heavy (non-hydrogen) atoms. The number of hydrogen-bond donors (Lipinski definition) is 0. The number of benzene rings is 4. The van der Waals surface area contributed by atoms with Crippen molar-refractivity contribution in [3.05, 3.63) is 126 Å². The number of aromatic nitrogens is 1. The van der Waals surface area contributed by atoms with Gasteiger partial charge >= 0.3 is 12.1 Å². The van der Waals surface area contributed by atoms with Crippen LogP contribution in [0.15, 0.2) is 108 Å². The van der Waals surface area contributed by atoms with E-state index in [1.807, 2.05) is 60.7 Å². The minimum Gasteiger partial charge on any atom is -0.464 e. The standard InChI is InChI=1S/C32H25NO4S/c1-36-31(34)30-24-16-15-23(38-20-21-9-3-2-4-10-21)17-22(24)18-33(30)32(35)37-19-29-27-13-7-5-11-25(27)26-12-6-8-14-28(26)29/h2-18,29H,19-20H2,1H3. The predicted octanol–water partition coefficient (Wildman–Crippen LogP) is 7.52. The highest BCUT2D eigenvalue weighted by atomic mass is 32.2. The molecule has 1 heterocycles. The summed E-state index contributed by atoms with van der Waals surface area (Å²) < 4.78 is 12.1. The number of methoxy groups -OCH3 is 1. The number of hydrogen-bond acceptors (Lipinski definition) is 5. The van der Waals surface area contributed by atoms with Gasteiger partial charge in [-0.1, -0.05) is 84.9 Å². The molecule has 1 aliphatic carbocycles. The summed E-state index contributed by atoms with van der Waals surface area (Å²) in [6.45, 7) is 0.167. The largest absolute Gasteiger partial charge is 0.464 e. The topological polar surface area (TPSA) is 57.5 Å². The van der Waals surface area contributed by atoms with Crippen molar-refractivity contribution in [2.45, 2.75) is 16.6 Å². The van der Waals surface area contributed by atoms with E-state index in [2.05, 4.69) is 36.4 Å². The molecule has 0 spiro atoms. The van der Waals surface area contributed by atoms with Crippen LogP contribution in [0.25, 0.3) is 21.9 Å². The molecule has 0 radical (unpaired) electrons. The lowest BCUT2D eigenvalue weighted by Crippen LogP contribution is -2.21. The Morgan fingerprint density at radius 2 is 1.50 bits per heavy atom. The number of ether oxygens (including phenoxy) is 2. The van der Waals surface area contributed by atoms with Crippen LogP contribution in [0.5, 0.6) is 0 Å². The fourth-order valence-electron chi connectivity index (χ4n) is 5.14. The highest BCUT2D eigenvalue weighted by molar-refractivity contribution is 7.98. The van der Waals surface area contributed by atoms with Gasteiger partial charge in [-0.05, 0) is 39.9 Å². The molecular weight excluding hydrogens is 494 g/mol. The van der Waals surface area contributed by atoms with Crippen LogP contribution in [0.2, 0.25) is 0 Å². The predicted molar refractivity (Wildman–Crippen MR) is 150 cm³/mol. The van der Waals surface area contributed by atoms with E-state index >= 15 is 0 Å². The second-order valence-corrected chi connectivity index (χ2v) is 10.2. The molecule has 5 aromatic rings. The minimum absolute atomic E-state index is 0.0705. The first-order valence-corrected chi connectivity index (χ1v) is 13.4. The summed E-state index contributed by atoms with van der Waals surface area (Å²) in [6.07, 6.45) is 1.05. The van der Waals surface area contributed by atoms with Crippen molar-refractivity contribution < 1.29 is 19.1 Å². The summed E-state index contributed by atoms with van der Waals surface area (Å²) in [5.41, 5.74) is 5.97. The Morgan fingerprint density at radius 1 is 0.842 bits per heavy atom. The lowest BCUT2D eigenvalue weighted by atomic mass is 9.98. The van der Waals surface area contributed by atoms with Crippen molar-refractivity contribution in [1.29, 1.82) is 0 Å². The highest BCUT2D eigenvalue weighted by Gasteiger charge is 2.30. The van der Waals surface area contributed by atoms with Gasteiger partial charge < -0.3 is 9.47 Å². The van der Waals surface area contributed by atoms with Gasteiger partial charge in [-0.15, -0.1) is 11.8 Å². The molecule has 0 fully saturated rings. The molecule has 188 valence electrons. The molecule has 4 aromatic carbocycles. The second-order valence-electron chi connectivity index (χ2n) is 9.17. The Kier molecular flexibility index (Phi) is 6.48. The lowest BCUT2D eigenvalue weighted by molar-refractivity contribution is 0.0587. The summed E-state index contributed by atoms with van der Waals surface area (Å²) in [4.78, 5) is 27.1. The van der Waals surface area contributed by atoms with E-state index in [1.165, 1.54) is 17.2 Å². The summed E-state index contributed by atoms with van der Waals surface area (Å²) in [6, 6.07) is 32.4. The molecule has 6 rings (SSSR count). The van der Waals surface area contributed by atoms with Gasteiger partial charge in [0.05, 0.1) is 7.11 Å². The first kappa shape index (κ1) is 24.1. The normalized spacial score (nSPS) is 12.2. The molecule has 1 aromatic heterocycles. The molecule has 0 bridgehead atoms. The quantitative estimate of drug-likeness (QED) is 0.172. The van der Waals surface area contributed by atoms with Gasteiger partial charge in [0, 0.05) is 33.5 Å². The van der Waals surface area contributed by atoms with Gasteiger partial charge in [-0.2, -0.15) is 0 Å². The summed E-state index contributed by atoms with van der Waals surface area (Å²) in [5.74, 6) is 0.167. The van der Waals surface area contributed by atoms with E-state index < -0.39 is 12.1 Å². The van der Waals surface area contributed by atoms with E-state index in [0.29, 0.717) is 5.39 Å². The maximum atomic E-state index is 13.4. The molecule has 0 amide bonds. The molecule has 5 nitrogen and oxygen atoms in total. The van der Waals surface area contributed by atoms with E-state index in [4.69, 9.17) is 9.47 Å². The lowest BCUT2D eigenvalue weighted by Gasteiger charge is -2.15. The molecule has 0 unspecified atom stereocenters. The number of carbonyl (C=O) groups excluding carboxylic acids is 2. The van der Waals surface area contributed by atoms with Crippen molar-refractivity contribution in [1.82, 2.24) is 4.57 Å². The van der Waals surface area contributed by atoms with Crippen LogP contribution in [0.3, 0.4) is 0 Å². The molecule has 0 aliphatic heterocycles. The SMILES string of the molecule is COC(=O)c1c2ccc(SCc3ccccc3)cc2cn1C(=O)OCC1c2ccccc2-c2ccccc21. The Balaban J connectivity index is 1.27. The first-order chi connectivity index (χ1) is 18.6. The number of thioether (sulfide) groups is 1. The monoisotopic (exact) mass is 519 g/mol. The number of carbonyl (C=O) groups is 2. The third kappa shape index (κ3) is 4.37. The van der Waals surface area contributed by atoms with Crippen molar-refractivity contribution in [2.24, 2.45) is 0 Å². The van der Waals surface area contributed by atoms with Gasteiger partial charge in [-0.3, -0.25) is 0 Å². The molecule has 0 saturated carbocycles. The first-order valence-electron chi connectivity index (χ1n) is 12.4. The zero-order valence-corrected chi connectivity index (χ0v) is 21.6. The second kappa shape index (κ2) is 10.2. The van der Waals surface area contributed by atoms with Gasteiger partial charge in [0.15, 0.2) is 0 Å². The third-order valence-electron chi connectivity index (χ3n) is 6.95. The Morgan fingerprint density at radius 3 is 2.18 bits per heavy atom. The molecule has 0 atom stereocenters. The van der Waals surface area contributed by atoms with Gasteiger partial charge in [0.25, 0.3) is 0 Å². The zero-order valence-electron chi connectivity index (χ0n) is 20.8. The van der Waals surface area contributed by atoms with Gasteiger partial charge in [0.2, 0.25) is 0 Å². The maximum absolute atomic E-state index is 13.4. The molecule has 0 N–H and O–H groups in total. The molecule has 6 heteroatoms. The van der Waals surface area contributed by atoms with Crippen LogP contribution in [0.4, 0.5) is 4.79 Å². The van der Waals surface area contributed by atoms with Crippen molar-refractivity contribution >= 4 is 34.6 Å². The van der Waals surface area contributed by atoms with Crippen molar-refractivity contribution in [2.75, 3.05) is 13.7 Å². The fraction of sp³-hybridized carbons (Fsp3) is 0.125. The van der Waals surface area contributed by atoms with Crippen LogP contribution < -0.4 is 0 Å². The summed E-state index contributed by atoms with van der Waals surface area (Å²) >= 11 is 1.70. The average Bonchev–Trinajstić information content (AvgIpc) is 3.51. The number of esters is 1. The average molecular weight is 520 g/mol. The van der Waals surface area contributed by atoms with Crippen LogP contribution in [-0.2, 0) is 15.2 Å². The summed E-state index contributed by atoms with van der Waals surface area (Å²) in [5, 5.41) is 1.42. The smallest absolute Gasteiger partial charge is 0.418 e. The minimum atomic E-state index is -0.609.